The summed E-state index contributed by atoms with van der Waals surface area (Å²) in [6.45, 7) is -4.09. The zero-order valence-corrected chi connectivity index (χ0v) is 16.9. The zero-order valence-electron chi connectivity index (χ0n) is 16.0. The first kappa shape index (κ1) is 19.0. The molecule has 0 amide bonds. The Morgan fingerprint density at radius 1 is 0.552 bits per heavy atom. The first-order valence-electron chi connectivity index (χ1n) is 9.55. The zero-order chi connectivity index (χ0) is 20.2. The molecule has 3 nitrogen and oxygen atoms in total. The molecule has 0 heterocycles. The molecule has 0 aromatic heterocycles. The van der Waals surface area contributed by atoms with E-state index in [4.69, 9.17) is 0 Å². The third-order valence-electron chi connectivity index (χ3n) is 5.63. The van der Waals surface area contributed by atoms with Crippen LogP contribution in [-0.4, -0.2) is 4.69 Å². The van der Waals surface area contributed by atoms with E-state index in [0.717, 1.165) is 21.5 Å². The first-order valence-corrected chi connectivity index (χ1v) is 11.9. The van der Waals surface area contributed by atoms with Gasteiger partial charge in [-0.2, -0.15) is 0 Å². The third-order valence-corrected chi connectivity index (χ3v) is 11.6. The molecule has 29 heavy (non-hydrogen) atoms. The Kier molecular flexibility index (Phi) is 5.00. The number of nitro groups is 1. The number of nitrogens with zero attached hydrogens (tertiary/aromatic N) is 1. The van der Waals surface area contributed by atoms with Gasteiger partial charge >= 0.3 is 171 Å². The summed E-state index contributed by atoms with van der Waals surface area (Å²) in [5, 5.41) is 15.7. The SMILES string of the molecule is O=[N+]([O-])P(Cc1ccccc1)(c1ccccc1)(c1ccccc1)c1ccccc1. The molecule has 0 spiro atoms. The summed E-state index contributed by atoms with van der Waals surface area (Å²) >= 11 is 0. The molecule has 0 saturated heterocycles. The summed E-state index contributed by atoms with van der Waals surface area (Å²) in [5.74, 6) is 0. The second kappa shape index (κ2) is 7.62. The summed E-state index contributed by atoms with van der Waals surface area (Å²) in [6, 6.07) is 38.5. The Morgan fingerprint density at radius 3 is 1.17 bits per heavy atom. The van der Waals surface area contributed by atoms with E-state index >= 15 is 0 Å². The maximum atomic E-state index is 13.4. The van der Waals surface area contributed by atoms with Crippen molar-refractivity contribution in [3.05, 3.63) is 137 Å². The van der Waals surface area contributed by atoms with Gasteiger partial charge in [-0.3, -0.25) is 0 Å². The Labute approximate surface area is 170 Å². The number of hydrogen-bond acceptors (Lipinski definition) is 2. The molecule has 0 saturated carbocycles. The topological polar surface area (TPSA) is 43.1 Å². The van der Waals surface area contributed by atoms with Crippen LogP contribution in [0.15, 0.2) is 121 Å². The van der Waals surface area contributed by atoms with E-state index in [1.807, 2.05) is 121 Å². The predicted octanol–water partition coefficient (Wildman–Crippen LogP) is 4.91. The number of rotatable bonds is 6. The molecule has 0 N–H and O–H groups in total. The average molecular weight is 399 g/mol. The van der Waals surface area contributed by atoms with Gasteiger partial charge in [0.2, 0.25) is 0 Å². The molecular weight excluding hydrogens is 377 g/mol. The van der Waals surface area contributed by atoms with Crippen LogP contribution >= 0.6 is 6.75 Å². The summed E-state index contributed by atoms with van der Waals surface area (Å²) in [6.07, 6.45) is 0.331. The van der Waals surface area contributed by atoms with Crippen molar-refractivity contribution in [1.29, 1.82) is 0 Å². The number of hydrogen-bond donors (Lipinski definition) is 0. The molecule has 4 aromatic carbocycles. The molecule has 4 aromatic rings. The summed E-state index contributed by atoms with van der Waals surface area (Å²) in [7, 11) is 0. The van der Waals surface area contributed by atoms with Gasteiger partial charge in [-0.15, -0.1) is 0 Å². The predicted molar refractivity (Wildman–Crippen MR) is 122 cm³/mol. The van der Waals surface area contributed by atoms with Crippen LogP contribution in [0.2, 0.25) is 0 Å². The van der Waals surface area contributed by atoms with E-state index < -0.39 is 6.75 Å². The van der Waals surface area contributed by atoms with E-state index in [-0.39, 0.29) is 4.69 Å². The van der Waals surface area contributed by atoms with Crippen LogP contribution in [0.4, 0.5) is 0 Å². The van der Waals surface area contributed by atoms with Crippen LogP contribution in [0.5, 0.6) is 0 Å². The van der Waals surface area contributed by atoms with Crippen LogP contribution < -0.4 is 15.9 Å². The number of benzene rings is 4. The quantitative estimate of drug-likeness (QED) is 0.263. The second-order valence-electron chi connectivity index (χ2n) is 7.14. The van der Waals surface area contributed by atoms with Crippen LogP contribution in [0.1, 0.15) is 5.56 Å². The van der Waals surface area contributed by atoms with Gasteiger partial charge in [-0.25, -0.2) is 0 Å². The normalized spacial score (nSPS) is 12.6. The minimum absolute atomic E-state index is 0.0264. The van der Waals surface area contributed by atoms with Crippen molar-refractivity contribution in [2.24, 2.45) is 0 Å². The monoisotopic (exact) mass is 399 g/mol. The molecule has 0 atom stereocenters. The van der Waals surface area contributed by atoms with Crippen molar-refractivity contribution in [1.82, 2.24) is 0 Å². The summed E-state index contributed by atoms with van der Waals surface area (Å²) in [5.41, 5.74) is 0.957. The van der Waals surface area contributed by atoms with Crippen LogP contribution in [0.25, 0.3) is 0 Å². The van der Waals surface area contributed by atoms with Crippen LogP contribution in [-0.2, 0) is 6.16 Å². The van der Waals surface area contributed by atoms with Crippen LogP contribution in [0, 0.1) is 10.1 Å². The summed E-state index contributed by atoms with van der Waals surface area (Å²) in [4.78, 5) is 13.4. The van der Waals surface area contributed by atoms with Gasteiger partial charge in [0.15, 0.2) is 0 Å². The van der Waals surface area contributed by atoms with Crippen molar-refractivity contribution in [2.75, 3.05) is 0 Å². The van der Waals surface area contributed by atoms with Gasteiger partial charge in [-0.1, -0.05) is 0 Å². The second-order valence-corrected chi connectivity index (χ2v) is 11.8. The van der Waals surface area contributed by atoms with Crippen molar-refractivity contribution >= 4 is 22.7 Å². The molecule has 0 aliphatic heterocycles. The molecule has 0 bridgehead atoms. The third kappa shape index (κ3) is 2.86. The van der Waals surface area contributed by atoms with E-state index in [9.17, 15) is 10.1 Å². The molecule has 144 valence electrons. The summed E-state index contributed by atoms with van der Waals surface area (Å²) < 4.78 is 0.0264. The molecule has 4 heteroatoms. The standard InChI is InChI=1S/C25H22NO2P/c27-26(28)29(23-15-7-2-8-16-23,24-17-9-3-10-18-24,25-19-11-4-12-20-25)21-22-13-5-1-6-14-22/h1-20H,21H2. The van der Waals surface area contributed by atoms with Gasteiger partial charge in [0, 0.05) is 0 Å². The van der Waals surface area contributed by atoms with Crippen molar-refractivity contribution in [2.45, 2.75) is 6.16 Å². The molecule has 0 fully saturated rings. The minimum atomic E-state index is -4.09. The molecule has 0 radical (unpaired) electrons. The Balaban J connectivity index is 2.21. The molecule has 0 unspecified atom stereocenters. The molecule has 4 rings (SSSR count). The van der Waals surface area contributed by atoms with Crippen molar-refractivity contribution in [3.8, 4) is 0 Å². The molecule has 0 aliphatic rings. The van der Waals surface area contributed by atoms with Crippen molar-refractivity contribution in [3.63, 3.8) is 0 Å². The van der Waals surface area contributed by atoms with Gasteiger partial charge in [0.25, 0.3) is 0 Å². The van der Waals surface area contributed by atoms with E-state index in [1.165, 1.54) is 0 Å². The average Bonchev–Trinajstić information content (AvgIpc) is 2.80. The van der Waals surface area contributed by atoms with E-state index in [0.29, 0.717) is 6.16 Å². The van der Waals surface area contributed by atoms with Crippen LogP contribution in [0.3, 0.4) is 0 Å². The fraction of sp³-hybridized carbons (Fsp3) is 0.0400. The van der Waals surface area contributed by atoms with E-state index in [1.54, 1.807) is 0 Å². The van der Waals surface area contributed by atoms with Crippen molar-refractivity contribution < 1.29 is 4.69 Å². The maximum absolute atomic E-state index is 13.4. The van der Waals surface area contributed by atoms with Gasteiger partial charge in [0.1, 0.15) is 0 Å². The fourth-order valence-corrected chi connectivity index (χ4v) is 9.74. The van der Waals surface area contributed by atoms with Gasteiger partial charge in [-0.05, 0) is 0 Å². The van der Waals surface area contributed by atoms with E-state index in [2.05, 4.69) is 0 Å². The Morgan fingerprint density at radius 2 is 0.862 bits per heavy atom. The van der Waals surface area contributed by atoms with Gasteiger partial charge < -0.3 is 0 Å². The first-order chi connectivity index (χ1) is 14.2. The Bertz CT molecular complexity index is 1000. The Hall–Kier alpha value is -3.29. The molecular formula is C25H22NO2P. The fourth-order valence-electron chi connectivity index (χ4n) is 4.25. The van der Waals surface area contributed by atoms with Gasteiger partial charge in [0.05, 0.1) is 0 Å². The molecule has 0 aliphatic carbocycles.